The molecule has 0 saturated heterocycles. The van der Waals surface area contributed by atoms with Gasteiger partial charge in [-0.05, 0) is 43.4 Å². The van der Waals surface area contributed by atoms with Crippen molar-refractivity contribution in [2.75, 3.05) is 0 Å². The number of alkyl halides is 3. The molecule has 0 aromatic heterocycles. The lowest BCUT2D eigenvalue weighted by Crippen LogP contribution is -2.22. The Morgan fingerprint density at radius 1 is 1.24 bits per heavy atom. The molecule has 2 rings (SSSR count). The molecule has 0 aliphatic heterocycles. The Kier molecular flexibility index (Phi) is 2.89. The standard InChI is InChI=1S/C12H13F4N/c13-10-7-8(3-4-11(17)5-6-11)1-2-9(10)12(14,15)16/h1-2,7H,3-6,17H2. The fraction of sp³-hybridized carbons (Fsp3) is 0.500. The van der Waals surface area contributed by atoms with Gasteiger partial charge in [0.25, 0.3) is 0 Å². The van der Waals surface area contributed by atoms with Crippen LogP contribution in [-0.2, 0) is 12.6 Å². The Morgan fingerprint density at radius 2 is 1.88 bits per heavy atom. The summed E-state index contributed by atoms with van der Waals surface area (Å²) in [5.41, 5.74) is 5.04. The van der Waals surface area contributed by atoms with Crippen LogP contribution in [0.3, 0.4) is 0 Å². The second-order valence-electron chi connectivity index (χ2n) is 4.67. The van der Waals surface area contributed by atoms with E-state index in [4.69, 9.17) is 5.73 Å². The van der Waals surface area contributed by atoms with Gasteiger partial charge in [0.2, 0.25) is 0 Å². The summed E-state index contributed by atoms with van der Waals surface area (Å²) in [5, 5.41) is 0. The quantitative estimate of drug-likeness (QED) is 0.815. The third kappa shape index (κ3) is 2.97. The molecular weight excluding hydrogens is 234 g/mol. The van der Waals surface area contributed by atoms with E-state index < -0.39 is 17.6 Å². The van der Waals surface area contributed by atoms with Gasteiger partial charge in [0.1, 0.15) is 5.82 Å². The topological polar surface area (TPSA) is 26.0 Å². The van der Waals surface area contributed by atoms with E-state index in [1.807, 2.05) is 0 Å². The molecule has 0 bridgehead atoms. The summed E-state index contributed by atoms with van der Waals surface area (Å²) in [5.74, 6) is -1.21. The van der Waals surface area contributed by atoms with E-state index in [0.29, 0.717) is 18.4 Å². The first-order valence-electron chi connectivity index (χ1n) is 5.45. The molecule has 1 aliphatic rings. The van der Waals surface area contributed by atoms with Crippen molar-refractivity contribution in [1.29, 1.82) is 0 Å². The van der Waals surface area contributed by atoms with Crippen LogP contribution in [0.1, 0.15) is 30.4 Å². The minimum atomic E-state index is -4.63. The van der Waals surface area contributed by atoms with E-state index in [2.05, 4.69) is 0 Å². The Bertz CT molecular complexity index is 421. The predicted molar refractivity (Wildman–Crippen MR) is 55.9 cm³/mol. The van der Waals surface area contributed by atoms with Crippen molar-refractivity contribution in [3.8, 4) is 0 Å². The molecule has 94 valence electrons. The van der Waals surface area contributed by atoms with Crippen LogP contribution >= 0.6 is 0 Å². The number of nitrogens with two attached hydrogens (primary N) is 1. The van der Waals surface area contributed by atoms with Gasteiger partial charge in [-0.25, -0.2) is 4.39 Å². The summed E-state index contributed by atoms with van der Waals surface area (Å²) in [6, 6.07) is 3.06. The zero-order chi connectivity index (χ0) is 12.7. The van der Waals surface area contributed by atoms with Gasteiger partial charge in [0.05, 0.1) is 5.56 Å². The molecule has 1 aromatic rings. The van der Waals surface area contributed by atoms with Crippen molar-refractivity contribution in [2.24, 2.45) is 5.73 Å². The van der Waals surface area contributed by atoms with Crippen LogP contribution < -0.4 is 5.73 Å². The Labute approximate surface area is 96.6 Å². The third-order valence-electron chi connectivity index (χ3n) is 3.14. The Morgan fingerprint density at radius 3 is 2.35 bits per heavy atom. The lowest BCUT2D eigenvalue weighted by molar-refractivity contribution is -0.140. The maximum Gasteiger partial charge on any atom is 0.419 e. The first kappa shape index (κ1) is 12.4. The van der Waals surface area contributed by atoms with Crippen molar-refractivity contribution < 1.29 is 17.6 Å². The third-order valence-corrected chi connectivity index (χ3v) is 3.14. The summed E-state index contributed by atoms with van der Waals surface area (Å²) in [6.07, 6.45) is -1.54. The largest absolute Gasteiger partial charge is 0.419 e. The van der Waals surface area contributed by atoms with Crippen LogP contribution in [0.2, 0.25) is 0 Å². The van der Waals surface area contributed by atoms with Crippen LogP contribution in [0.15, 0.2) is 18.2 Å². The minimum absolute atomic E-state index is 0.167. The van der Waals surface area contributed by atoms with Crippen LogP contribution in [0.5, 0.6) is 0 Å². The van der Waals surface area contributed by atoms with Gasteiger partial charge < -0.3 is 5.73 Å². The highest BCUT2D eigenvalue weighted by molar-refractivity contribution is 5.27. The van der Waals surface area contributed by atoms with E-state index in [9.17, 15) is 17.6 Å². The van der Waals surface area contributed by atoms with E-state index in [0.717, 1.165) is 25.0 Å². The number of halogens is 4. The predicted octanol–water partition coefficient (Wildman–Crippen LogP) is 3.27. The minimum Gasteiger partial charge on any atom is -0.325 e. The zero-order valence-corrected chi connectivity index (χ0v) is 9.15. The molecule has 2 N–H and O–H groups in total. The maximum absolute atomic E-state index is 13.2. The fourth-order valence-electron chi connectivity index (χ4n) is 1.75. The molecule has 0 amide bonds. The average Bonchev–Trinajstić information content (AvgIpc) is 2.92. The smallest absolute Gasteiger partial charge is 0.325 e. The van der Waals surface area contributed by atoms with Gasteiger partial charge >= 0.3 is 6.18 Å². The number of aryl methyl sites for hydroxylation is 1. The number of rotatable bonds is 3. The molecule has 1 fully saturated rings. The van der Waals surface area contributed by atoms with Crippen molar-refractivity contribution in [1.82, 2.24) is 0 Å². The van der Waals surface area contributed by atoms with Crippen LogP contribution in [-0.4, -0.2) is 5.54 Å². The van der Waals surface area contributed by atoms with Gasteiger partial charge in [0.15, 0.2) is 0 Å². The highest BCUT2D eigenvalue weighted by Crippen LogP contribution is 2.37. The molecule has 1 aliphatic carbocycles. The first-order chi connectivity index (χ1) is 7.80. The molecule has 0 radical (unpaired) electrons. The van der Waals surface area contributed by atoms with Crippen LogP contribution in [0, 0.1) is 5.82 Å². The summed E-state index contributed by atoms with van der Waals surface area (Å²) in [6.45, 7) is 0. The summed E-state index contributed by atoms with van der Waals surface area (Å²) >= 11 is 0. The highest BCUT2D eigenvalue weighted by atomic mass is 19.4. The van der Waals surface area contributed by atoms with E-state index in [-0.39, 0.29) is 5.54 Å². The molecule has 0 unspecified atom stereocenters. The average molecular weight is 247 g/mol. The van der Waals surface area contributed by atoms with Gasteiger partial charge in [-0.3, -0.25) is 0 Å². The molecule has 0 heterocycles. The molecule has 1 saturated carbocycles. The van der Waals surface area contributed by atoms with Crippen LogP contribution in [0.4, 0.5) is 17.6 Å². The molecule has 5 heteroatoms. The molecule has 0 atom stereocenters. The normalized spacial score (nSPS) is 18.2. The molecule has 1 nitrogen and oxygen atoms in total. The van der Waals surface area contributed by atoms with Crippen molar-refractivity contribution in [2.45, 2.75) is 37.4 Å². The lowest BCUT2D eigenvalue weighted by Gasteiger charge is -2.11. The number of hydrogen-bond donors (Lipinski definition) is 1. The van der Waals surface area contributed by atoms with Crippen molar-refractivity contribution in [3.63, 3.8) is 0 Å². The van der Waals surface area contributed by atoms with Crippen molar-refractivity contribution in [3.05, 3.63) is 35.1 Å². The first-order valence-corrected chi connectivity index (χ1v) is 5.45. The monoisotopic (exact) mass is 247 g/mol. The van der Waals surface area contributed by atoms with Gasteiger partial charge in [-0.2, -0.15) is 13.2 Å². The fourth-order valence-corrected chi connectivity index (χ4v) is 1.75. The highest BCUT2D eigenvalue weighted by Gasteiger charge is 2.37. The Hall–Kier alpha value is -1.10. The molecular formula is C12H13F4N. The summed E-state index contributed by atoms with van der Waals surface area (Å²) in [7, 11) is 0. The van der Waals surface area contributed by atoms with Gasteiger partial charge in [0, 0.05) is 5.54 Å². The summed E-state index contributed by atoms with van der Waals surface area (Å²) in [4.78, 5) is 0. The number of hydrogen-bond acceptors (Lipinski definition) is 1. The zero-order valence-electron chi connectivity index (χ0n) is 9.15. The second kappa shape index (κ2) is 3.98. The SMILES string of the molecule is NC1(CCc2ccc(C(F)(F)F)c(F)c2)CC1. The molecule has 17 heavy (non-hydrogen) atoms. The van der Waals surface area contributed by atoms with Gasteiger partial charge in [-0.15, -0.1) is 0 Å². The van der Waals surface area contributed by atoms with Gasteiger partial charge in [-0.1, -0.05) is 6.07 Å². The number of benzene rings is 1. The maximum atomic E-state index is 13.2. The van der Waals surface area contributed by atoms with E-state index in [1.165, 1.54) is 6.07 Å². The molecule has 1 aromatic carbocycles. The lowest BCUT2D eigenvalue weighted by atomic mass is 10.0. The molecule has 0 spiro atoms. The van der Waals surface area contributed by atoms with Crippen LogP contribution in [0.25, 0.3) is 0 Å². The van der Waals surface area contributed by atoms with E-state index in [1.54, 1.807) is 0 Å². The van der Waals surface area contributed by atoms with E-state index >= 15 is 0 Å². The Balaban J connectivity index is 2.08. The second-order valence-corrected chi connectivity index (χ2v) is 4.67. The summed E-state index contributed by atoms with van der Waals surface area (Å²) < 4.78 is 50.1. The van der Waals surface area contributed by atoms with Crippen molar-refractivity contribution >= 4 is 0 Å².